The number of carbonyl (C=O) groups excluding carboxylic acids is 2. The molecule has 0 atom stereocenters. The molecule has 0 aromatic carbocycles. The molecular formula is C14H25N3O4. The van der Waals surface area contributed by atoms with Crippen molar-refractivity contribution in [2.24, 2.45) is 0 Å². The number of rotatable bonds is 7. The molecule has 0 radical (unpaired) electrons. The monoisotopic (exact) mass is 299 g/mol. The molecule has 1 fully saturated rings. The second kappa shape index (κ2) is 9.20. The zero-order chi connectivity index (χ0) is 15.7. The van der Waals surface area contributed by atoms with Gasteiger partial charge in [-0.3, -0.25) is 9.59 Å². The smallest absolute Gasteiger partial charge is 0.323 e. The fourth-order valence-corrected chi connectivity index (χ4v) is 2.41. The van der Waals surface area contributed by atoms with E-state index >= 15 is 0 Å². The van der Waals surface area contributed by atoms with Crippen LogP contribution in [0.4, 0.5) is 4.79 Å². The number of hydrogen-bond donors (Lipinski definition) is 3. The molecule has 1 aliphatic carbocycles. The van der Waals surface area contributed by atoms with Crippen molar-refractivity contribution in [3.63, 3.8) is 0 Å². The van der Waals surface area contributed by atoms with Crippen LogP contribution in [0.3, 0.4) is 0 Å². The maximum atomic E-state index is 11.6. The van der Waals surface area contributed by atoms with Gasteiger partial charge in [0.1, 0.15) is 6.54 Å². The Morgan fingerprint density at radius 3 is 2.48 bits per heavy atom. The standard InChI is InChI=1S/C14H25N3O4/c1-17(10-13(19)20)12(18)8-5-9-15-14(21)16-11-6-3-2-4-7-11/h11H,2-10H2,1H3,(H,19,20)(H2,15,16,21). The third kappa shape index (κ3) is 7.53. The molecule has 0 heterocycles. The summed E-state index contributed by atoms with van der Waals surface area (Å²) in [6.45, 7) is 0.111. The zero-order valence-electron chi connectivity index (χ0n) is 12.6. The van der Waals surface area contributed by atoms with E-state index in [2.05, 4.69) is 10.6 Å². The third-order valence-electron chi connectivity index (χ3n) is 3.59. The third-order valence-corrected chi connectivity index (χ3v) is 3.59. The Bertz CT molecular complexity index is 367. The first-order valence-corrected chi connectivity index (χ1v) is 7.49. The molecule has 1 saturated carbocycles. The maximum absolute atomic E-state index is 11.6. The van der Waals surface area contributed by atoms with Crippen LogP contribution in [0.15, 0.2) is 0 Å². The van der Waals surface area contributed by atoms with Gasteiger partial charge in [-0.05, 0) is 19.3 Å². The highest BCUT2D eigenvalue weighted by molar-refractivity contribution is 5.81. The van der Waals surface area contributed by atoms with Gasteiger partial charge in [0.25, 0.3) is 0 Å². The molecule has 0 bridgehead atoms. The average molecular weight is 299 g/mol. The summed E-state index contributed by atoms with van der Waals surface area (Å²) in [5, 5.41) is 14.2. The van der Waals surface area contributed by atoms with Gasteiger partial charge in [0.15, 0.2) is 0 Å². The summed E-state index contributed by atoms with van der Waals surface area (Å²) in [4.78, 5) is 34.8. The number of aliphatic carboxylic acids is 1. The fraction of sp³-hybridized carbons (Fsp3) is 0.786. The van der Waals surface area contributed by atoms with Crippen LogP contribution in [0, 0.1) is 0 Å². The Balaban J connectivity index is 2.08. The highest BCUT2D eigenvalue weighted by atomic mass is 16.4. The first-order chi connectivity index (χ1) is 9.99. The Kier molecular flexibility index (Phi) is 7.56. The molecule has 0 saturated heterocycles. The van der Waals surface area contributed by atoms with E-state index in [1.54, 1.807) is 0 Å². The van der Waals surface area contributed by atoms with Gasteiger partial charge in [0.2, 0.25) is 5.91 Å². The summed E-state index contributed by atoms with van der Waals surface area (Å²) in [7, 11) is 1.46. The van der Waals surface area contributed by atoms with Crippen molar-refractivity contribution >= 4 is 17.9 Å². The summed E-state index contributed by atoms with van der Waals surface area (Å²) in [6, 6.07) is 0.0790. The maximum Gasteiger partial charge on any atom is 0.323 e. The van der Waals surface area contributed by atoms with Crippen LogP contribution in [0.1, 0.15) is 44.9 Å². The number of carboxylic acids is 1. The van der Waals surface area contributed by atoms with E-state index in [1.807, 2.05) is 0 Å². The molecule has 0 unspecified atom stereocenters. The molecule has 0 aliphatic heterocycles. The van der Waals surface area contributed by atoms with Crippen LogP contribution in [0.25, 0.3) is 0 Å². The average Bonchev–Trinajstić information content (AvgIpc) is 2.43. The Hall–Kier alpha value is -1.79. The number of hydrogen-bond acceptors (Lipinski definition) is 3. The molecule has 1 aliphatic rings. The highest BCUT2D eigenvalue weighted by Gasteiger charge is 2.15. The summed E-state index contributed by atoms with van der Waals surface area (Å²) in [6.07, 6.45) is 6.36. The number of urea groups is 1. The Morgan fingerprint density at radius 2 is 1.86 bits per heavy atom. The first-order valence-electron chi connectivity index (χ1n) is 7.49. The minimum Gasteiger partial charge on any atom is -0.480 e. The lowest BCUT2D eigenvalue weighted by Crippen LogP contribution is -2.43. The molecule has 120 valence electrons. The van der Waals surface area contributed by atoms with Gasteiger partial charge >= 0.3 is 12.0 Å². The Labute approximate surface area is 125 Å². The second-order valence-corrected chi connectivity index (χ2v) is 5.48. The van der Waals surface area contributed by atoms with Crippen molar-refractivity contribution in [2.45, 2.75) is 51.0 Å². The largest absolute Gasteiger partial charge is 0.480 e. The van der Waals surface area contributed by atoms with Gasteiger partial charge in [0.05, 0.1) is 0 Å². The first kappa shape index (κ1) is 17.3. The molecule has 0 aromatic rings. The number of carbonyl (C=O) groups is 3. The minimum absolute atomic E-state index is 0.187. The second-order valence-electron chi connectivity index (χ2n) is 5.48. The Morgan fingerprint density at radius 1 is 1.19 bits per heavy atom. The van der Waals surface area contributed by atoms with E-state index in [0.717, 1.165) is 25.7 Å². The van der Waals surface area contributed by atoms with Gasteiger partial charge in [-0.15, -0.1) is 0 Å². The van der Waals surface area contributed by atoms with Crippen LogP contribution in [0.5, 0.6) is 0 Å². The number of likely N-dealkylation sites (N-methyl/N-ethyl adjacent to an activating group) is 1. The normalized spacial score (nSPS) is 15.3. The molecule has 1 rings (SSSR count). The number of carboxylic acid groups (broad SMARTS) is 1. The van der Waals surface area contributed by atoms with Gasteiger partial charge in [-0.25, -0.2) is 4.79 Å². The molecule has 0 spiro atoms. The molecule has 7 nitrogen and oxygen atoms in total. The van der Waals surface area contributed by atoms with Gasteiger partial charge < -0.3 is 20.6 Å². The van der Waals surface area contributed by atoms with E-state index in [1.165, 1.54) is 18.4 Å². The molecule has 3 N–H and O–H groups in total. The molecular weight excluding hydrogens is 274 g/mol. The summed E-state index contributed by atoms with van der Waals surface area (Å²) >= 11 is 0. The van der Waals surface area contributed by atoms with Crippen LogP contribution < -0.4 is 10.6 Å². The quantitative estimate of drug-likeness (QED) is 0.609. The lowest BCUT2D eigenvalue weighted by molar-refractivity contribution is -0.143. The van der Waals surface area contributed by atoms with Gasteiger partial charge in [0, 0.05) is 26.1 Å². The van der Waals surface area contributed by atoms with Crippen molar-refractivity contribution in [1.82, 2.24) is 15.5 Å². The van der Waals surface area contributed by atoms with Crippen LogP contribution in [-0.4, -0.2) is 54.1 Å². The summed E-state index contributed by atoms with van der Waals surface area (Å²) in [5.41, 5.74) is 0. The van der Waals surface area contributed by atoms with Crippen molar-refractivity contribution in [3.05, 3.63) is 0 Å². The van der Waals surface area contributed by atoms with E-state index in [4.69, 9.17) is 5.11 Å². The lowest BCUT2D eigenvalue weighted by atomic mass is 9.96. The van der Waals surface area contributed by atoms with Crippen molar-refractivity contribution in [1.29, 1.82) is 0 Å². The van der Waals surface area contributed by atoms with E-state index in [-0.39, 0.29) is 30.9 Å². The topological polar surface area (TPSA) is 98.7 Å². The van der Waals surface area contributed by atoms with Crippen LogP contribution in [-0.2, 0) is 9.59 Å². The van der Waals surface area contributed by atoms with E-state index in [0.29, 0.717) is 13.0 Å². The number of nitrogens with one attached hydrogen (secondary N) is 2. The van der Waals surface area contributed by atoms with Crippen molar-refractivity contribution in [2.75, 3.05) is 20.1 Å². The molecule has 0 aromatic heterocycles. The van der Waals surface area contributed by atoms with Crippen LogP contribution >= 0.6 is 0 Å². The predicted octanol–water partition coefficient (Wildman–Crippen LogP) is 0.941. The number of amides is 3. The van der Waals surface area contributed by atoms with Gasteiger partial charge in [-0.2, -0.15) is 0 Å². The molecule has 21 heavy (non-hydrogen) atoms. The predicted molar refractivity (Wildman–Crippen MR) is 77.9 cm³/mol. The van der Waals surface area contributed by atoms with E-state index < -0.39 is 5.97 Å². The fourth-order valence-electron chi connectivity index (χ4n) is 2.41. The summed E-state index contributed by atoms with van der Waals surface area (Å²) in [5.74, 6) is -1.26. The SMILES string of the molecule is CN(CC(=O)O)C(=O)CCCNC(=O)NC1CCCCC1. The number of nitrogens with zero attached hydrogens (tertiary/aromatic N) is 1. The van der Waals surface area contributed by atoms with Crippen molar-refractivity contribution < 1.29 is 19.5 Å². The molecule has 7 heteroatoms. The summed E-state index contributed by atoms with van der Waals surface area (Å²) < 4.78 is 0. The van der Waals surface area contributed by atoms with Crippen molar-refractivity contribution in [3.8, 4) is 0 Å². The highest BCUT2D eigenvalue weighted by Crippen LogP contribution is 2.17. The lowest BCUT2D eigenvalue weighted by Gasteiger charge is -2.22. The van der Waals surface area contributed by atoms with E-state index in [9.17, 15) is 14.4 Å². The molecule has 3 amide bonds. The minimum atomic E-state index is -1.03. The zero-order valence-corrected chi connectivity index (χ0v) is 12.6. The van der Waals surface area contributed by atoms with Crippen LogP contribution in [0.2, 0.25) is 0 Å². The van der Waals surface area contributed by atoms with Gasteiger partial charge in [-0.1, -0.05) is 19.3 Å².